The van der Waals surface area contributed by atoms with Gasteiger partial charge in [0.15, 0.2) is 6.61 Å². The minimum atomic E-state index is -0.760. The number of imide groups is 1. The maximum Gasteiger partial charge on any atom is 0.338 e. The fourth-order valence-corrected chi connectivity index (χ4v) is 5.15. The number of carbonyl (C=O) groups is 5. The van der Waals surface area contributed by atoms with Crippen LogP contribution in [0, 0.1) is 23.7 Å². The highest BCUT2D eigenvalue weighted by Crippen LogP contribution is 2.53. The number of allylic oxidation sites excluding steroid dienone is 2. The third-order valence-electron chi connectivity index (χ3n) is 6.73. The predicted molar refractivity (Wildman–Crippen MR) is 123 cm³/mol. The summed E-state index contributed by atoms with van der Waals surface area (Å²) in [5.41, 5.74) is 1.19. The van der Waals surface area contributed by atoms with E-state index in [2.05, 4.69) is 10.1 Å². The summed E-state index contributed by atoms with van der Waals surface area (Å²) in [5, 5.41) is 2.57. The zero-order chi connectivity index (χ0) is 24.7. The van der Waals surface area contributed by atoms with Gasteiger partial charge >= 0.3 is 11.9 Å². The topological polar surface area (TPSA) is 119 Å². The third-order valence-corrected chi connectivity index (χ3v) is 6.73. The molecule has 9 nitrogen and oxygen atoms in total. The van der Waals surface area contributed by atoms with Crippen molar-refractivity contribution in [3.8, 4) is 0 Å². The number of ether oxygens (including phenoxy) is 2. The fraction of sp³-hybridized carbons (Fsp3) is 0.269. The summed E-state index contributed by atoms with van der Waals surface area (Å²) >= 11 is 0. The van der Waals surface area contributed by atoms with Crippen LogP contribution in [-0.2, 0) is 23.9 Å². The highest BCUT2D eigenvalue weighted by molar-refractivity contribution is 6.23. The van der Waals surface area contributed by atoms with Crippen molar-refractivity contribution in [1.82, 2.24) is 0 Å². The summed E-state index contributed by atoms with van der Waals surface area (Å²) in [5.74, 6) is -2.78. The Morgan fingerprint density at radius 3 is 2.20 bits per heavy atom. The van der Waals surface area contributed by atoms with Crippen molar-refractivity contribution in [2.75, 3.05) is 23.9 Å². The molecule has 1 N–H and O–H groups in total. The van der Waals surface area contributed by atoms with Crippen LogP contribution in [0.1, 0.15) is 27.1 Å². The predicted octanol–water partition coefficient (Wildman–Crippen LogP) is 2.58. The Hall–Kier alpha value is -4.27. The molecule has 2 aromatic carbocycles. The molecular formula is C26H22N2O7. The molecule has 2 bridgehead atoms. The maximum atomic E-state index is 13.0. The molecule has 2 fully saturated rings. The number of rotatable bonds is 6. The van der Waals surface area contributed by atoms with Crippen molar-refractivity contribution < 1.29 is 33.4 Å². The second kappa shape index (κ2) is 8.83. The quantitative estimate of drug-likeness (QED) is 0.388. The van der Waals surface area contributed by atoms with Gasteiger partial charge in [-0.3, -0.25) is 14.4 Å². The summed E-state index contributed by atoms with van der Waals surface area (Å²) in [7, 11) is 1.27. The van der Waals surface area contributed by atoms with Crippen molar-refractivity contribution in [2.45, 2.75) is 6.42 Å². The Morgan fingerprint density at radius 2 is 1.57 bits per heavy atom. The molecule has 1 saturated carbocycles. The zero-order valence-electron chi connectivity index (χ0n) is 18.8. The van der Waals surface area contributed by atoms with E-state index in [9.17, 15) is 24.0 Å². The molecule has 0 radical (unpaired) electrons. The SMILES string of the molecule is COC(=O)c1ccc(NC(=O)COC(=O)c2cccc(N3C(=O)[C@H]4[C@H](C3=O)[C@H]3C=C[C@H]4C3)c2)cc1. The third kappa shape index (κ3) is 3.99. The van der Waals surface area contributed by atoms with Gasteiger partial charge in [-0.25, -0.2) is 14.5 Å². The number of hydrogen-bond donors (Lipinski definition) is 1. The highest BCUT2D eigenvalue weighted by Gasteiger charge is 2.59. The van der Waals surface area contributed by atoms with E-state index in [4.69, 9.17) is 4.74 Å². The van der Waals surface area contributed by atoms with Gasteiger partial charge in [-0.15, -0.1) is 0 Å². The smallest absolute Gasteiger partial charge is 0.338 e. The number of fused-ring (bicyclic) bond motifs is 5. The lowest BCUT2D eigenvalue weighted by Crippen LogP contribution is -2.33. The first kappa shape index (κ1) is 22.5. The van der Waals surface area contributed by atoms with E-state index >= 15 is 0 Å². The van der Waals surface area contributed by atoms with Gasteiger partial charge < -0.3 is 14.8 Å². The van der Waals surface area contributed by atoms with Gasteiger partial charge in [0.1, 0.15) is 0 Å². The van der Waals surface area contributed by atoms with Gasteiger partial charge in [0.25, 0.3) is 5.91 Å². The second-order valence-electron chi connectivity index (χ2n) is 8.76. The normalized spacial score (nSPS) is 23.9. The number of amides is 3. The molecule has 0 unspecified atom stereocenters. The average molecular weight is 474 g/mol. The van der Waals surface area contributed by atoms with E-state index < -0.39 is 24.5 Å². The molecule has 0 spiro atoms. The Morgan fingerprint density at radius 1 is 0.914 bits per heavy atom. The molecule has 4 atom stereocenters. The Bertz CT molecular complexity index is 1240. The molecule has 1 heterocycles. The van der Waals surface area contributed by atoms with E-state index in [0.29, 0.717) is 16.9 Å². The largest absolute Gasteiger partial charge is 0.465 e. The van der Waals surface area contributed by atoms with Gasteiger partial charge in [0, 0.05) is 5.69 Å². The lowest BCUT2D eigenvalue weighted by molar-refractivity contribution is -0.123. The minimum absolute atomic E-state index is 0.0924. The van der Waals surface area contributed by atoms with Crippen LogP contribution in [-0.4, -0.2) is 43.4 Å². The lowest BCUT2D eigenvalue weighted by Gasteiger charge is -2.18. The van der Waals surface area contributed by atoms with E-state index in [1.807, 2.05) is 12.2 Å². The molecule has 1 saturated heterocycles. The van der Waals surface area contributed by atoms with Crippen LogP contribution in [0.2, 0.25) is 0 Å². The van der Waals surface area contributed by atoms with Crippen LogP contribution in [0.3, 0.4) is 0 Å². The Kier molecular flexibility index (Phi) is 5.68. The van der Waals surface area contributed by atoms with Crippen molar-refractivity contribution in [2.24, 2.45) is 23.7 Å². The van der Waals surface area contributed by atoms with Crippen molar-refractivity contribution >= 4 is 41.0 Å². The molecule has 3 amide bonds. The molecule has 178 valence electrons. The van der Waals surface area contributed by atoms with E-state index in [1.165, 1.54) is 48.4 Å². The molecule has 9 heteroatoms. The molecule has 3 aliphatic rings. The first-order valence-corrected chi connectivity index (χ1v) is 11.2. The maximum absolute atomic E-state index is 13.0. The van der Waals surface area contributed by atoms with Crippen molar-refractivity contribution in [1.29, 1.82) is 0 Å². The summed E-state index contributed by atoms with van der Waals surface area (Å²) in [6.07, 6.45) is 4.88. The summed E-state index contributed by atoms with van der Waals surface area (Å²) in [6, 6.07) is 12.1. The molecule has 35 heavy (non-hydrogen) atoms. The van der Waals surface area contributed by atoms with E-state index in [-0.39, 0.29) is 41.0 Å². The van der Waals surface area contributed by atoms with Gasteiger partial charge in [0.05, 0.1) is 35.8 Å². The number of anilines is 2. The number of hydrogen-bond acceptors (Lipinski definition) is 7. The number of esters is 2. The van der Waals surface area contributed by atoms with Gasteiger partial charge in [0.2, 0.25) is 11.8 Å². The van der Waals surface area contributed by atoms with Gasteiger partial charge in [-0.05, 0) is 60.7 Å². The lowest BCUT2D eigenvalue weighted by atomic mass is 9.85. The van der Waals surface area contributed by atoms with Crippen molar-refractivity contribution in [3.05, 3.63) is 71.8 Å². The second-order valence-corrected chi connectivity index (χ2v) is 8.76. The summed E-state index contributed by atoms with van der Waals surface area (Å²) in [6.45, 7) is -0.539. The number of carbonyl (C=O) groups excluding carboxylic acids is 5. The number of methoxy groups -OCH3 is 1. The first-order valence-electron chi connectivity index (χ1n) is 11.2. The summed E-state index contributed by atoms with van der Waals surface area (Å²) in [4.78, 5) is 63.4. The highest BCUT2D eigenvalue weighted by atomic mass is 16.5. The van der Waals surface area contributed by atoms with Crippen molar-refractivity contribution in [3.63, 3.8) is 0 Å². The van der Waals surface area contributed by atoms with Crippen LogP contribution in [0.25, 0.3) is 0 Å². The monoisotopic (exact) mass is 474 g/mol. The van der Waals surface area contributed by atoms with Crippen LogP contribution in [0.4, 0.5) is 11.4 Å². The van der Waals surface area contributed by atoms with E-state index in [1.54, 1.807) is 12.1 Å². The first-order chi connectivity index (χ1) is 16.9. The Balaban J connectivity index is 1.20. The van der Waals surface area contributed by atoms with Gasteiger partial charge in [-0.1, -0.05) is 18.2 Å². The molecular weight excluding hydrogens is 452 g/mol. The zero-order valence-corrected chi connectivity index (χ0v) is 18.8. The van der Waals surface area contributed by atoms with Crippen LogP contribution in [0.15, 0.2) is 60.7 Å². The van der Waals surface area contributed by atoms with E-state index in [0.717, 1.165) is 6.42 Å². The average Bonchev–Trinajstić information content (AvgIpc) is 3.56. The molecule has 2 aromatic rings. The molecule has 0 aromatic heterocycles. The Labute approximate surface area is 200 Å². The van der Waals surface area contributed by atoms with Crippen LogP contribution in [0.5, 0.6) is 0 Å². The summed E-state index contributed by atoms with van der Waals surface area (Å²) < 4.78 is 9.73. The minimum Gasteiger partial charge on any atom is -0.465 e. The number of benzene rings is 2. The molecule has 5 rings (SSSR count). The van der Waals surface area contributed by atoms with Crippen LogP contribution < -0.4 is 10.2 Å². The standard InChI is InChI=1S/C26H22N2O7/c1-34-25(32)14-7-9-18(10-8-14)27-20(29)13-35-26(33)17-3-2-4-19(12-17)28-23(30)21-15-5-6-16(11-15)22(21)24(28)31/h2-10,12,15-16,21-22H,11,13H2,1H3,(H,27,29)/t15-,16-,21+,22+/m0/s1. The number of nitrogens with zero attached hydrogens (tertiary/aromatic N) is 1. The van der Waals surface area contributed by atoms with Crippen LogP contribution >= 0.6 is 0 Å². The molecule has 2 aliphatic carbocycles. The molecule has 1 aliphatic heterocycles. The fourth-order valence-electron chi connectivity index (χ4n) is 5.15. The van der Waals surface area contributed by atoms with Gasteiger partial charge in [-0.2, -0.15) is 0 Å². The number of nitrogens with one attached hydrogen (secondary N) is 1.